The molecule has 0 saturated carbocycles. The number of nitrogens with two attached hydrogens (primary N) is 1. The van der Waals surface area contributed by atoms with Gasteiger partial charge in [0.05, 0.1) is 0 Å². The molecule has 11 heavy (non-hydrogen) atoms. The quantitative estimate of drug-likeness (QED) is 0.599. The van der Waals surface area contributed by atoms with E-state index in [1.807, 2.05) is 0 Å². The number of hydrogen-bond donors (Lipinski definition) is 2. The molecule has 1 unspecified atom stereocenters. The van der Waals surface area contributed by atoms with Crippen LogP contribution < -0.4 is 5.73 Å². The fourth-order valence-electron chi connectivity index (χ4n) is 1.53. The average molecular weight is 155 g/mol. The third-order valence-corrected chi connectivity index (χ3v) is 2.23. The van der Waals surface area contributed by atoms with Gasteiger partial charge >= 0.3 is 0 Å². The van der Waals surface area contributed by atoms with E-state index in [1.165, 1.54) is 24.8 Å². The zero-order valence-corrected chi connectivity index (χ0v) is 6.92. The highest BCUT2D eigenvalue weighted by atomic mass is 16.2. The number of allylic oxidation sites excluding steroid dienone is 1. The summed E-state index contributed by atoms with van der Waals surface area (Å²) in [6, 6.07) is 0.213. The zero-order valence-electron chi connectivity index (χ0n) is 6.92. The lowest BCUT2D eigenvalue weighted by molar-refractivity contribution is 0.281. The van der Waals surface area contributed by atoms with Crippen LogP contribution in [-0.4, -0.2) is 17.8 Å². The number of aliphatic hydroxyl groups is 1. The molecule has 0 aromatic heterocycles. The smallest absolute Gasteiger partial charge is 0.0431 e. The third-order valence-electron chi connectivity index (χ3n) is 2.23. The second-order valence-corrected chi connectivity index (χ2v) is 3.14. The van der Waals surface area contributed by atoms with Crippen LogP contribution in [0.4, 0.5) is 0 Å². The van der Waals surface area contributed by atoms with Crippen molar-refractivity contribution >= 4 is 0 Å². The molecule has 2 heteroatoms. The Morgan fingerprint density at radius 1 is 1.64 bits per heavy atom. The molecule has 64 valence electrons. The van der Waals surface area contributed by atoms with Crippen molar-refractivity contribution in [2.45, 2.75) is 38.1 Å². The number of rotatable bonds is 4. The van der Waals surface area contributed by atoms with Gasteiger partial charge in [-0.3, -0.25) is 0 Å². The zero-order chi connectivity index (χ0) is 8.10. The minimum atomic E-state index is 0.213. The molecule has 0 aliphatic heterocycles. The minimum Gasteiger partial charge on any atom is -0.396 e. The fraction of sp³-hybridized carbons (Fsp3) is 0.778. The summed E-state index contributed by atoms with van der Waals surface area (Å²) in [6.07, 6.45) is 7.65. The first-order valence-corrected chi connectivity index (χ1v) is 4.40. The molecule has 0 aromatic rings. The van der Waals surface area contributed by atoms with E-state index >= 15 is 0 Å². The highest BCUT2D eigenvalue weighted by Crippen LogP contribution is 2.21. The molecule has 1 atom stereocenters. The number of hydrogen-bond acceptors (Lipinski definition) is 2. The van der Waals surface area contributed by atoms with Gasteiger partial charge in [-0.1, -0.05) is 11.6 Å². The van der Waals surface area contributed by atoms with Gasteiger partial charge in [0.25, 0.3) is 0 Å². The SMILES string of the molecule is NC(CCCO)C1=CCCC1. The molecule has 0 aromatic carbocycles. The lowest BCUT2D eigenvalue weighted by Crippen LogP contribution is -2.21. The van der Waals surface area contributed by atoms with Gasteiger partial charge in [0.1, 0.15) is 0 Å². The van der Waals surface area contributed by atoms with Crippen LogP contribution in [-0.2, 0) is 0 Å². The highest BCUT2D eigenvalue weighted by Gasteiger charge is 2.11. The number of aliphatic hydroxyl groups excluding tert-OH is 1. The Morgan fingerprint density at radius 2 is 2.45 bits per heavy atom. The van der Waals surface area contributed by atoms with Crippen LogP contribution in [0.3, 0.4) is 0 Å². The summed E-state index contributed by atoms with van der Waals surface area (Å²) in [5, 5.41) is 8.58. The first kappa shape index (κ1) is 8.75. The van der Waals surface area contributed by atoms with Gasteiger partial charge in [-0.15, -0.1) is 0 Å². The molecular formula is C9H17NO. The minimum absolute atomic E-state index is 0.213. The molecule has 0 heterocycles. The molecule has 0 bridgehead atoms. The monoisotopic (exact) mass is 155 g/mol. The summed E-state index contributed by atoms with van der Waals surface area (Å²) in [4.78, 5) is 0. The van der Waals surface area contributed by atoms with Crippen molar-refractivity contribution in [1.82, 2.24) is 0 Å². The maximum absolute atomic E-state index is 8.58. The molecule has 3 N–H and O–H groups in total. The van der Waals surface area contributed by atoms with E-state index < -0.39 is 0 Å². The normalized spacial score (nSPS) is 20.0. The van der Waals surface area contributed by atoms with Crippen LogP contribution in [0.1, 0.15) is 32.1 Å². The molecule has 1 aliphatic carbocycles. The van der Waals surface area contributed by atoms with Crippen LogP contribution >= 0.6 is 0 Å². The topological polar surface area (TPSA) is 46.2 Å². The fourth-order valence-corrected chi connectivity index (χ4v) is 1.53. The highest BCUT2D eigenvalue weighted by molar-refractivity contribution is 5.14. The van der Waals surface area contributed by atoms with Crippen LogP contribution in [0.2, 0.25) is 0 Å². The van der Waals surface area contributed by atoms with Gasteiger partial charge in [0.2, 0.25) is 0 Å². The third kappa shape index (κ3) is 2.64. The molecule has 2 nitrogen and oxygen atoms in total. The molecule has 1 rings (SSSR count). The van der Waals surface area contributed by atoms with E-state index in [9.17, 15) is 0 Å². The second kappa shape index (κ2) is 4.52. The van der Waals surface area contributed by atoms with Crippen molar-refractivity contribution in [3.63, 3.8) is 0 Å². The van der Waals surface area contributed by atoms with E-state index in [0.29, 0.717) is 0 Å². The van der Waals surface area contributed by atoms with Crippen LogP contribution in [0.25, 0.3) is 0 Å². The first-order chi connectivity index (χ1) is 5.34. The van der Waals surface area contributed by atoms with Gasteiger partial charge in [0, 0.05) is 12.6 Å². The standard InChI is InChI=1S/C9H17NO/c10-9(6-3-7-11)8-4-1-2-5-8/h4,9,11H,1-3,5-7,10H2. The summed E-state index contributed by atoms with van der Waals surface area (Å²) in [5.74, 6) is 0. The molecule has 0 spiro atoms. The Bertz CT molecular complexity index is 142. The van der Waals surface area contributed by atoms with Gasteiger partial charge in [0.15, 0.2) is 0 Å². The largest absolute Gasteiger partial charge is 0.396 e. The van der Waals surface area contributed by atoms with E-state index in [2.05, 4.69) is 6.08 Å². The summed E-state index contributed by atoms with van der Waals surface area (Å²) in [7, 11) is 0. The first-order valence-electron chi connectivity index (χ1n) is 4.40. The van der Waals surface area contributed by atoms with Gasteiger partial charge in [-0.25, -0.2) is 0 Å². The van der Waals surface area contributed by atoms with E-state index in [0.717, 1.165) is 12.8 Å². The molecular weight excluding hydrogens is 138 g/mol. The Morgan fingerprint density at radius 3 is 3.00 bits per heavy atom. The molecule has 0 fully saturated rings. The van der Waals surface area contributed by atoms with Crippen molar-refractivity contribution in [2.24, 2.45) is 5.73 Å². The summed E-state index contributed by atoms with van der Waals surface area (Å²) in [5.41, 5.74) is 7.29. The Labute approximate surface area is 68.1 Å². The Kier molecular flexibility index (Phi) is 3.60. The Balaban J connectivity index is 2.23. The summed E-state index contributed by atoms with van der Waals surface area (Å²) >= 11 is 0. The van der Waals surface area contributed by atoms with Crippen molar-refractivity contribution in [2.75, 3.05) is 6.61 Å². The van der Waals surface area contributed by atoms with Crippen LogP contribution in [0.5, 0.6) is 0 Å². The average Bonchev–Trinajstić information content (AvgIpc) is 2.52. The maximum atomic E-state index is 8.58. The van der Waals surface area contributed by atoms with Crippen molar-refractivity contribution in [3.05, 3.63) is 11.6 Å². The van der Waals surface area contributed by atoms with Crippen molar-refractivity contribution in [3.8, 4) is 0 Å². The summed E-state index contributed by atoms with van der Waals surface area (Å²) < 4.78 is 0. The van der Waals surface area contributed by atoms with E-state index in [4.69, 9.17) is 10.8 Å². The molecule has 0 amide bonds. The molecule has 1 aliphatic rings. The predicted molar refractivity (Wildman–Crippen MR) is 46.2 cm³/mol. The lowest BCUT2D eigenvalue weighted by Gasteiger charge is -2.11. The van der Waals surface area contributed by atoms with Gasteiger partial charge in [-0.2, -0.15) is 0 Å². The van der Waals surface area contributed by atoms with E-state index in [1.54, 1.807) is 0 Å². The van der Waals surface area contributed by atoms with Gasteiger partial charge < -0.3 is 10.8 Å². The second-order valence-electron chi connectivity index (χ2n) is 3.14. The van der Waals surface area contributed by atoms with Crippen LogP contribution in [0.15, 0.2) is 11.6 Å². The van der Waals surface area contributed by atoms with Crippen molar-refractivity contribution < 1.29 is 5.11 Å². The predicted octanol–water partition coefficient (Wildman–Crippen LogP) is 1.20. The van der Waals surface area contributed by atoms with Crippen molar-refractivity contribution in [1.29, 1.82) is 0 Å². The molecule has 0 radical (unpaired) electrons. The maximum Gasteiger partial charge on any atom is 0.0431 e. The van der Waals surface area contributed by atoms with Crippen LogP contribution in [0, 0.1) is 0 Å². The van der Waals surface area contributed by atoms with E-state index in [-0.39, 0.29) is 12.6 Å². The van der Waals surface area contributed by atoms with Gasteiger partial charge in [-0.05, 0) is 32.1 Å². The lowest BCUT2D eigenvalue weighted by atomic mass is 10.0. The molecule has 0 saturated heterocycles. The Hall–Kier alpha value is -0.340. The summed E-state index contributed by atoms with van der Waals surface area (Å²) in [6.45, 7) is 0.265.